The second-order valence-corrected chi connectivity index (χ2v) is 8.12. The number of carbonyl (C=O) groups is 2. The van der Waals surface area contributed by atoms with Crippen LogP contribution in [0.4, 0.5) is 5.69 Å². The minimum absolute atomic E-state index is 0.109. The fraction of sp³-hybridized carbons (Fsp3) is 0.600. The van der Waals surface area contributed by atoms with Crippen LogP contribution in [0.3, 0.4) is 0 Å². The van der Waals surface area contributed by atoms with Gasteiger partial charge in [-0.2, -0.15) is 0 Å². The molecule has 7 nitrogen and oxygen atoms in total. The molecule has 28 heavy (non-hydrogen) atoms. The maximum absolute atomic E-state index is 12.7. The molecule has 2 heterocycles. The zero-order valence-electron chi connectivity index (χ0n) is 16.8. The van der Waals surface area contributed by atoms with E-state index in [0.29, 0.717) is 26.2 Å². The number of likely N-dealkylation sites (N-methyl/N-ethyl adjacent to an activating group) is 1. The lowest BCUT2D eigenvalue weighted by molar-refractivity contribution is -0.135. The number of piperazine rings is 2. The van der Waals surface area contributed by atoms with Gasteiger partial charge in [0.25, 0.3) is 0 Å². The Balaban J connectivity index is 1.40. The Labute approximate surface area is 172 Å². The second kappa shape index (κ2) is 9.58. The number of rotatable bonds is 5. The zero-order valence-corrected chi connectivity index (χ0v) is 17.6. The number of hydrogen-bond donors (Lipinski definition) is 0. The number of amides is 2. The average molecular weight is 408 g/mol. The van der Waals surface area contributed by atoms with Crippen LogP contribution in [0.15, 0.2) is 24.3 Å². The van der Waals surface area contributed by atoms with Crippen molar-refractivity contribution < 1.29 is 9.59 Å². The van der Waals surface area contributed by atoms with E-state index in [9.17, 15) is 9.59 Å². The zero-order chi connectivity index (χ0) is 20.1. The molecule has 2 aliphatic rings. The van der Waals surface area contributed by atoms with Gasteiger partial charge in [0.1, 0.15) is 0 Å². The van der Waals surface area contributed by atoms with Gasteiger partial charge in [-0.3, -0.25) is 19.4 Å². The highest BCUT2D eigenvalue weighted by molar-refractivity contribution is 6.30. The molecule has 0 bridgehead atoms. The van der Waals surface area contributed by atoms with Crippen molar-refractivity contribution in [2.75, 3.05) is 84.4 Å². The first-order chi connectivity index (χ1) is 13.4. The van der Waals surface area contributed by atoms with Crippen LogP contribution in [-0.2, 0) is 9.59 Å². The number of hydrogen-bond acceptors (Lipinski definition) is 5. The maximum Gasteiger partial charge on any atom is 0.236 e. The molecule has 2 aliphatic heterocycles. The van der Waals surface area contributed by atoms with E-state index in [-0.39, 0.29) is 11.8 Å². The highest BCUT2D eigenvalue weighted by Gasteiger charge is 2.25. The van der Waals surface area contributed by atoms with E-state index < -0.39 is 0 Å². The maximum atomic E-state index is 12.7. The molecule has 8 heteroatoms. The van der Waals surface area contributed by atoms with Crippen molar-refractivity contribution in [3.8, 4) is 0 Å². The lowest BCUT2D eigenvalue weighted by Gasteiger charge is -2.38. The van der Waals surface area contributed by atoms with E-state index in [1.165, 1.54) is 0 Å². The SMILES string of the molecule is CN(C)C(=O)CN1CCN(C(=O)CN2CCN(c3cccc(Cl)c3)CC2)CC1. The summed E-state index contributed by atoms with van der Waals surface area (Å²) in [6.07, 6.45) is 0. The monoisotopic (exact) mass is 407 g/mol. The van der Waals surface area contributed by atoms with Crippen molar-refractivity contribution in [2.24, 2.45) is 0 Å². The van der Waals surface area contributed by atoms with Gasteiger partial charge >= 0.3 is 0 Å². The third-order valence-electron chi connectivity index (χ3n) is 5.49. The molecule has 0 unspecified atom stereocenters. The lowest BCUT2D eigenvalue weighted by Crippen LogP contribution is -2.54. The first kappa shape index (κ1) is 20.9. The molecular weight excluding hydrogens is 378 g/mol. The third-order valence-corrected chi connectivity index (χ3v) is 5.72. The van der Waals surface area contributed by atoms with Gasteiger partial charge in [0, 0.05) is 77.2 Å². The summed E-state index contributed by atoms with van der Waals surface area (Å²) >= 11 is 6.09. The van der Waals surface area contributed by atoms with E-state index in [0.717, 1.165) is 50.0 Å². The molecule has 3 rings (SSSR count). The van der Waals surface area contributed by atoms with Crippen LogP contribution >= 0.6 is 11.6 Å². The molecule has 2 amide bonds. The molecule has 0 aliphatic carbocycles. The highest BCUT2D eigenvalue weighted by atomic mass is 35.5. The summed E-state index contributed by atoms with van der Waals surface area (Å²) in [6.45, 7) is 7.35. The van der Waals surface area contributed by atoms with Crippen molar-refractivity contribution in [2.45, 2.75) is 0 Å². The smallest absolute Gasteiger partial charge is 0.236 e. The summed E-state index contributed by atoms with van der Waals surface area (Å²) < 4.78 is 0. The van der Waals surface area contributed by atoms with Crippen molar-refractivity contribution in [3.05, 3.63) is 29.3 Å². The Hall–Kier alpha value is -1.83. The third kappa shape index (κ3) is 5.59. The molecule has 154 valence electrons. The van der Waals surface area contributed by atoms with Gasteiger partial charge in [-0.05, 0) is 18.2 Å². The van der Waals surface area contributed by atoms with Gasteiger partial charge in [0.2, 0.25) is 11.8 Å². The largest absolute Gasteiger partial charge is 0.369 e. The number of carbonyl (C=O) groups excluding carboxylic acids is 2. The Morgan fingerprint density at radius 1 is 0.929 bits per heavy atom. The predicted octanol–water partition coefficient (Wildman–Crippen LogP) is 0.694. The number of benzene rings is 1. The first-order valence-electron chi connectivity index (χ1n) is 9.85. The van der Waals surface area contributed by atoms with Gasteiger partial charge in [0.15, 0.2) is 0 Å². The summed E-state index contributed by atoms with van der Waals surface area (Å²) in [5.74, 6) is 0.298. The summed E-state index contributed by atoms with van der Waals surface area (Å²) in [6, 6.07) is 7.92. The molecule has 2 fully saturated rings. The van der Waals surface area contributed by atoms with E-state index >= 15 is 0 Å². The molecule has 0 N–H and O–H groups in total. The van der Waals surface area contributed by atoms with Gasteiger partial charge in [-0.25, -0.2) is 0 Å². The molecule has 1 aromatic rings. The molecule has 0 atom stereocenters. The molecule has 0 spiro atoms. The minimum atomic E-state index is 0.109. The number of nitrogens with zero attached hydrogens (tertiary/aromatic N) is 5. The minimum Gasteiger partial charge on any atom is -0.369 e. The summed E-state index contributed by atoms with van der Waals surface area (Å²) in [7, 11) is 3.54. The second-order valence-electron chi connectivity index (χ2n) is 7.69. The van der Waals surface area contributed by atoms with E-state index in [1.807, 2.05) is 23.1 Å². The summed E-state index contributed by atoms with van der Waals surface area (Å²) in [5.41, 5.74) is 1.14. The highest BCUT2D eigenvalue weighted by Crippen LogP contribution is 2.20. The topological polar surface area (TPSA) is 50.3 Å². The van der Waals surface area contributed by atoms with Crippen LogP contribution in [-0.4, -0.2) is 111 Å². The van der Waals surface area contributed by atoms with Crippen molar-refractivity contribution in [3.63, 3.8) is 0 Å². The Morgan fingerprint density at radius 2 is 1.54 bits per heavy atom. The first-order valence-corrected chi connectivity index (χ1v) is 10.2. The molecular formula is C20H30ClN5O2. The van der Waals surface area contributed by atoms with Crippen LogP contribution < -0.4 is 4.90 Å². The number of halogens is 1. The van der Waals surface area contributed by atoms with Crippen molar-refractivity contribution in [1.82, 2.24) is 19.6 Å². The van der Waals surface area contributed by atoms with E-state index in [4.69, 9.17) is 11.6 Å². The van der Waals surface area contributed by atoms with Crippen molar-refractivity contribution in [1.29, 1.82) is 0 Å². The van der Waals surface area contributed by atoms with Crippen LogP contribution in [0.5, 0.6) is 0 Å². The van der Waals surface area contributed by atoms with Crippen LogP contribution in [0.1, 0.15) is 0 Å². The molecule has 2 saturated heterocycles. The standard InChI is InChI=1S/C20H30ClN5O2/c1-22(2)19(27)15-23-8-12-26(13-9-23)20(28)16-24-6-10-25(11-7-24)18-5-3-4-17(21)14-18/h3-5,14H,6-13,15-16H2,1-2H3. The quantitative estimate of drug-likeness (QED) is 0.719. The van der Waals surface area contributed by atoms with Crippen LogP contribution in [0, 0.1) is 0 Å². The Kier molecular flexibility index (Phi) is 7.15. The molecule has 0 saturated carbocycles. The average Bonchev–Trinajstić information content (AvgIpc) is 2.69. The van der Waals surface area contributed by atoms with Gasteiger partial charge in [-0.1, -0.05) is 17.7 Å². The molecule has 1 aromatic carbocycles. The number of anilines is 1. The van der Waals surface area contributed by atoms with Gasteiger partial charge < -0.3 is 14.7 Å². The van der Waals surface area contributed by atoms with Gasteiger partial charge in [-0.15, -0.1) is 0 Å². The molecule has 0 radical (unpaired) electrons. The van der Waals surface area contributed by atoms with Crippen molar-refractivity contribution >= 4 is 29.1 Å². The Morgan fingerprint density at radius 3 is 2.14 bits per heavy atom. The normalized spacial score (nSPS) is 19.0. The summed E-state index contributed by atoms with van der Waals surface area (Å²) in [4.78, 5) is 34.7. The van der Waals surface area contributed by atoms with E-state index in [1.54, 1.807) is 19.0 Å². The van der Waals surface area contributed by atoms with Crippen LogP contribution in [0.25, 0.3) is 0 Å². The predicted molar refractivity (Wildman–Crippen MR) is 112 cm³/mol. The van der Waals surface area contributed by atoms with Gasteiger partial charge in [0.05, 0.1) is 13.1 Å². The fourth-order valence-electron chi connectivity index (χ4n) is 3.62. The molecule has 0 aromatic heterocycles. The Bertz CT molecular complexity index is 683. The summed E-state index contributed by atoms with van der Waals surface area (Å²) in [5, 5.41) is 0.751. The van der Waals surface area contributed by atoms with Crippen LogP contribution in [0.2, 0.25) is 5.02 Å². The fourth-order valence-corrected chi connectivity index (χ4v) is 3.80. The van der Waals surface area contributed by atoms with E-state index in [2.05, 4.69) is 20.8 Å². The lowest BCUT2D eigenvalue weighted by atomic mass is 10.2.